The van der Waals surface area contributed by atoms with Crippen LogP contribution in [-0.2, 0) is 17.5 Å². The summed E-state index contributed by atoms with van der Waals surface area (Å²) in [5, 5.41) is 5.91. The Kier molecular flexibility index (Phi) is 7.26. The number of anilines is 4. The Hall–Kier alpha value is -3.67. The summed E-state index contributed by atoms with van der Waals surface area (Å²) >= 11 is 0. The molecule has 9 nitrogen and oxygen atoms in total. The number of nitrogens with zero attached hydrogens (tertiary/aromatic N) is 5. The molecular weight excluding hydrogens is 451 g/mol. The number of nitrogens with one attached hydrogen (secondary N) is 2. The van der Waals surface area contributed by atoms with Crippen molar-refractivity contribution in [2.24, 2.45) is 0 Å². The Bertz CT molecular complexity index is 1110. The minimum atomic E-state index is -4.45. The summed E-state index contributed by atoms with van der Waals surface area (Å²) in [6.07, 6.45) is -2.72. The van der Waals surface area contributed by atoms with E-state index in [1.54, 1.807) is 13.1 Å². The fraction of sp³-hybridized carbons (Fsp3) is 0.364. The van der Waals surface area contributed by atoms with Crippen LogP contribution in [0.25, 0.3) is 0 Å². The fourth-order valence-corrected chi connectivity index (χ4v) is 3.30. The van der Waals surface area contributed by atoms with Gasteiger partial charge >= 0.3 is 12.2 Å². The summed E-state index contributed by atoms with van der Waals surface area (Å²) in [6.45, 7) is 5.38. The van der Waals surface area contributed by atoms with Gasteiger partial charge in [-0.15, -0.1) is 0 Å². The maximum Gasteiger partial charge on any atom is 0.416 e. The van der Waals surface area contributed by atoms with E-state index in [4.69, 9.17) is 9.47 Å². The first kappa shape index (κ1) is 23.5. The summed E-state index contributed by atoms with van der Waals surface area (Å²) in [6, 6.07) is 8.70. The summed E-state index contributed by atoms with van der Waals surface area (Å²) in [4.78, 5) is 19.2. The van der Waals surface area contributed by atoms with Crippen LogP contribution in [0.1, 0.15) is 18.1 Å². The van der Waals surface area contributed by atoms with E-state index in [9.17, 15) is 13.2 Å². The average molecular weight is 475 g/mol. The predicted molar refractivity (Wildman–Crippen MR) is 120 cm³/mol. The molecule has 0 aliphatic carbocycles. The number of rotatable bonds is 8. The van der Waals surface area contributed by atoms with Crippen molar-refractivity contribution in [1.82, 2.24) is 19.9 Å². The third-order valence-electron chi connectivity index (χ3n) is 4.93. The first-order valence-corrected chi connectivity index (χ1v) is 10.8. The van der Waals surface area contributed by atoms with Crippen molar-refractivity contribution >= 4 is 23.4 Å². The molecule has 0 radical (unpaired) electrons. The number of alkyl halides is 3. The Morgan fingerprint density at radius 2 is 1.85 bits per heavy atom. The third kappa shape index (κ3) is 6.22. The first-order valence-electron chi connectivity index (χ1n) is 10.8. The van der Waals surface area contributed by atoms with Crippen molar-refractivity contribution in [3.63, 3.8) is 0 Å². The summed E-state index contributed by atoms with van der Waals surface area (Å²) < 4.78 is 49.9. The van der Waals surface area contributed by atoms with Crippen LogP contribution in [0.3, 0.4) is 0 Å². The number of ether oxygens (including phenoxy) is 2. The lowest BCUT2D eigenvalue weighted by molar-refractivity contribution is -0.137. The molecule has 1 aromatic carbocycles. The molecule has 0 amide bonds. The van der Waals surface area contributed by atoms with Gasteiger partial charge in [0.15, 0.2) is 0 Å². The number of aromatic nitrogens is 4. The van der Waals surface area contributed by atoms with E-state index in [1.165, 1.54) is 12.1 Å². The van der Waals surface area contributed by atoms with Crippen molar-refractivity contribution in [3.05, 3.63) is 53.7 Å². The van der Waals surface area contributed by atoms with Crippen LogP contribution in [0.15, 0.2) is 42.6 Å². The summed E-state index contributed by atoms with van der Waals surface area (Å²) in [7, 11) is 0. The van der Waals surface area contributed by atoms with Gasteiger partial charge in [0.25, 0.3) is 0 Å². The van der Waals surface area contributed by atoms with E-state index < -0.39 is 11.7 Å². The average Bonchev–Trinajstić information content (AvgIpc) is 2.83. The highest BCUT2D eigenvalue weighted by atomic mass is 19.4. The largest absolute Gasteiger partial charge is 0.464 e. The Balaban J connectivity index is 1.49. The van der Waals surface area contributed by atoms with Gasteiger partial charge in [0.2, 0.25) is 11.9 Å². The topological polar surface area (TPSA) is 97.3 Å². The SMILES string of the molecule is CCOc1nc(NCc2ccnc(N3CCOCC3)c2)nc(Nc2cccc(C(F)(F)F)c2)n1. The molecule has 0 atom stereocenters. The van der Waals surface area contributed by atoms with E-state index in [0.717, 1.165) is 36.6 Å². The molecule has 1 aliphatic heterocycles. The van der Waals surface area contributed by atoms with Gasteiger partial charge in [0, 0.05) is 31.5 Å². The first-order chi connectivity index (χ1) is 16.4. The van der Waals surface area contributed by atoms with Crippen LogP contribution < -0.4 is 20.3 Å². The molecule has 3 aromatic rings. The molecule has 0 saturated carbocycles. The molecule has 12 heteroatoms. The lowest BCUT2D eigenvalue weighted by atomic mass is 10.2. The molecule has 4 rings (SSSR count). The van der Waals surface area contributed by atoms with E-state index in [0.29, 0.717) is 26.4 Å². The molecule has 0 unspecified atom stereocenters. The zero-order valence-corrected chi connectivity index (χ0v) is 18.5. The van der Waals surface area contributed by atoms with Gasteiger partial charge in [-0.1, -0.05) is 6.07 Å². The third-order valence-corrected chi connectivity index (χ3v) is 4.93. The van der Waals surface area contributed by atoms with Gasteiger partial charge < -0.3 is 25.0 Å². The highest BCUT2D eigenvalue weighted by Crippen LogP contribution is 2.31. The maximum atomic E-state index is 13.0. The molecule has 0 spiro atoms. The van der Waals surface area contributed by atoms with Gasteiger partial charge in [-0.25, -0.2) is 4.98 Å². The minimum absolute atomic E-state index is 0.0539. The quantitative estimate of drug-likeness (QED) is 0.503. The van der Waals surface area contributed by atoms with Gasteiger partial charge in [-0.05, 0) is 42.8 Å². The molecule has 34 heavy (non-hydrogen) atoms. The minimum Gasteiger partial charge on any atom is -0.464 e. The van der Waals surface area contributed by atoms with Gasteiger partial charge in [-0.2, -0.15) is 28.1 Å². The van der Waals surface area contributed by atoms with Gasteiger partial charge in [0.1, 0.15) is 5.82 Å². The summed E-state index contributed by atoms with van der Waals surface area (Å²) in [5.74, 6) is 1.14. The highest BCUT2D eigenvalue weighted by molar-refractivity contribution is 5.56. The molecule has 2 aromatic heterocycles. The van der Waals surface area contributed by atoms with Crippen LogP contribution in [0, 0.1) is 0 Å². The monoisotopic (exact) mass is 475 g/mol. The molecule has 3 heterocycles. The van der Waals surface area contributed by atoms with Gasteiger partial charge in [-0.3, -0.25) is 0 Å². The van der Waals surface area contributed by atoms with E-state index in [1.807, 2.05) is 12.1 Å². The zero-order valence-electron chi connectivity index (χ0n) is 18.5. The number of pyridine rings is 1. The van der Waals surface area contributed by atoms with E-state index in [-0.39, 0.29) is 23.6 Å². The lowest BCUT2D eigenvalue weighted by Gasteiger charge is -2.28. The molecule has 0 bridgehead atoms. The summed E-state index contributed by atoms with van der Waals surface area (Å²) in [5.41, 5.74) is 0.379. The van der Waals surface area contributed by atoms with Crippen LogP contribution in [-0.4, -0.2) is 52.8 Å². The van der Waals surface area contributed by atoms with Crippen molar-refractivity contribution in [1.29, 1.82) is 0 Å². The second-order valence-corrected chi connectivity index (χ2v) is 7.38. The number of halogens is 3. The standard InChI is InChI=1S/C22H24F3N7O2/c1-2-34-21-30-19(27-14-15-6-7-26-18(12-15)32-8-10-33-11-9-32)29-20(31-21)28-17-5-3-4-16(13-17)22(23,24)25/h3-7,12-13H,2,8-11,14H2,1H3,(H2,27,28,29,30,31). The molecule has 1 aliphatic rings. The normalized spacial score (nSPS) is 14.1. The number of benzene rings is 1. The van der Waals surface area contributed by atoms with Crippen LogP contribution >= 0.6 is 0 Å². The molecular formula is C22H24F3N7O2. The van der Waals surface area contributed by atoms with Crippen molar-refractivity contribution in [2.75, 3.05) is 48.4 Å². The molecule has 180 valence electrons. The van der Waals surface area contributed by atoms with Crippen molar-refractivity contribution in [2.45, 2.75) is 19.6 Å². The number of hydrogen-bond acceptors (Lipinski definition) is 9. The second-order valence-electron chi connectivity index (χ2n) is 7.38. The van der Waals surface area contributed by atoms with E-state index >= 15 is 0 Å². The lowest BCUT2D eigenvalue weighted by Crippen LogP contribution is -2.36. The Morgan fingerprint density at radius 3 is 2.62 bits per heavy atom. The van der Waals surface area contributed by atoms with Crippen LogP contribution in [0.5, 0.6) is 6.01 Å². The van der Waals surface area contributed by atoms with Crippen molar-refractivity contribution < 1.29 is 22.6 Å². The number of hydrogen-bond donors (Lipinski definition) is 2. The van der Waals surface area contributed by atoms with Crippen molar-refractivity contribution in [3.8, 4) is 6.01 Å². The Labute approximate surface area is 194 Å². The maximum absolute atomic E-state index is 13.0. The highest BCUT2D eigenvalue weighted by Gasteiger charge is 2.30. The van der Waals surface area contributed by atoms with Crippen LogP contribution in [0.4, 0.5) is 36.6 Å². The van der Waals surface area contributed by atoms with E-state index in [2.05, 4.69) is 35.5 Å². The van der Waals surface area contributed by atoms with Crippen LogP contribution in [0.2, 0.25) is 0 Å². The second kappa shape index (κ2) is 10.5. The van der Waals surface area contributed by atoms with Gasteiger partial charge in [0.05, 0.1) is 25.4 Å². The number of morpholine rings is 1. The smallest absolute Gasteiger partial charge is 0.416 e. The fourth-order valence-electron chi connectivity index (χ4n) is 3.30. The molecule has 2 N–H and O–H groups in total. The Morgan fingerprint density at radius 1 is 1.06 bits per heavy atom. The predicted octanol–water partition coefficient (Wildman–Crippen LogP) is 3.88. The molecule has 1 saturated heterocycles. The molecule has 1 fully saturated rings. The zero-order chi connectivity index (χ0) is 24.0.